The van der Waals surface area contributed by atoms with Crippen molar-refractivity contribution < 1.29 is 13.9 Å². The molecular weight excluding hydrogens is 344 g/mol. The maximum Gasteiger partial charge on any atom is 0.289 e. The highest BCUT2D eigenvalue weighted by Gasteiger charge is 2.26. The van der Waals surface area contributed by atoms with Crippen molar-refractivity contribution >= 4 is 5.91 Å². The predicted molar refractivity (Wildman–Crippen MR) is 98.0 cm³/mol. The van der Waals surface area contributed by atoms with E-state index in [9.17, 15) is 4.79 Å². The topological polar surface area (TPSA) is 73.4 Å². The summed E-state index contributed by atoms with van der Waals surface area (Å²) in [6.45, 7) is 2.31. The largest absolute Gasteiger partial charge is 0.454 e. The highest BCUT2D eigenvalue weighted by Crippen LogP contribution is 2.19. The third kappa shape index (κ3) is 4.43. The molecule has 1 fully saturated rings. The Bertz CT molecular complexity index is 861. The molecule has 4 rings (SSSR count). The van der Waals surface area contributed by atoms with Gasteiger partial charge < -0.3 is 18.6 Å². The third-order valence-electron chi connectivity index (χ3n) is 4.63. The normalized spacial score (nSPS) is 17.2. The van der Waals surface area contributed by atoms with Crippen LogP contribution in [0.25, 0.3) is 0 Å². The lowest BCUT2D eigenvalue weighted by molar-refractivity contribution is -0.00867. The Morgan fingerprint density at radius 1 is 1.26 bits per heavy atom. The van der Waals surface area contributed by atoms with Crippen LogP contribution in [0.2, 0.25) is 0 Å². The summed E-state index contributed by atoms with van der Waals surface area (Å²) in [5, 5.41) is 0. The van der Waals surface area contributed by atoms with Gasteiger partial charge in [0.25, 0.3) is 5.91 Å². The smallest absolute Gasteiger partial charge is 0.289 e. The number of nitrogens with zero attached hydrogens (tertiary/aromatic N) is 4. The Hall–Kier alpha value is -2.93. The summed E-state index contributed by atoms with van der Waals surface area (Å²) in [4.78, 5) is 22.9. The van der Waals surface area contributed by atoms with Crippen molar-refractivity contribution in [3.63, 3.8) is 0 Å². The first-order chi connectivity index (χ1) is 13.3. The highest BCUT2D eigenvalue weighted by molar-refractivity contribution is 5.91. The minimum absolute atomic E-state index is 0.0186. The second kappa shape index (κ2) is 8.18. The number of aromatic nitrogens is 3. The third-order valence-corrected chi connectivity index (χ3v) is 4.63. The minimum Gasteiger partial charge on any atom is -0.454 e. The van der Waals surface area contributed by atoms with Crippen molar-refractivity contribution in [2.75, 3.05) is 13.1 Å². The number of pyridine rings is 1. The van der Waals surface area contributed by atoms with Crippen molar-refractivity contribution in [3.05, 3.63) is 72.5 Å². The van der Waals surface area contributed by atoms with Crippen LogP contribution in [-0.2, 0) is 17.9 Å². The summed E-state index contributed by atoms with van der Waals surface area (Å²) < 4.78 is 13.6. The molecule has 1 aliphatic heterocycles. The number of furan rings is 1. The first kappa shape index (κ1) is 17.5. The molecule has 0 aliphatic carbocycles. The van der Waals surface area contributed by atoms with Gasteiger partial charge in [-0.2, -0.15) is 0 Å². The van der Waals surface area contributed by atoms with E-state index in [-0.39, 0.29) is 12.0 Å². The van der Waals surface area contributed by atoms with Crippen LogP contribution in [0.5, 0.6) is 0 Å². The van der Waals surface area contributed by atoms with Gasteiger partial charge in [-0.05, 0) is 37.1 Å². The van der Waals surface area contributed by atoms with E-state index >= 15 is 0 Å². The first-order valence-corrected chi connectivity index (χ1v) is 9.13. The molecule has 1 amide bonds. The molecule has 0 bridgehead atoms. The molecule has 0 unspecified atom stereocenters. The van der Waals surface area contributed by atoms with E-state index in [0.29, 0.717) is 25.5 Å². The molecule has 0 radical (unpaired) electrons. The van der Waals surface area contributed by atoms with Crippen LogP contribution in [0.1, 0.15) is 34.9 Å². The number of hydrogen-bond donors (Lipinski definition) is 0. The Kier molecular flexibility index (Phi) is 5.29. The molecule has 0 aromatic carbocycles. The Labute approximate surface area is 157 Å². The second-order valence-corrected chi connectivity index (χ2v) is 6.65. The van der Waals surface area contributed by atoms with Crippen molar-refractivity contribution in [2.45, 2.75) is 32.1 Å². The van der Waals surface area contributed by atoms with Crippen molar-refractivity contribution in [1.29, 1.82) is 0 Å². The van der Waals surface area contributed by atoms with Gasteiger partial charge in [0, 0.05) is 31.7 Å². The maximum absolute atomic E-state index is 12.8. The van der Waals surface area contributed by atoms with Gasteiger partial charge in [0.1, 0.15) is 5.76 Å². The second-order valence-electron chi connectivity index (χ2n) is 6.65. The lowest BCUT2D eigenvalue weighted by atomic mass is 10.1. The Morgan fingerprint density at radius 3 is 3.04 bits per heavy atom. The van der Waals surface area contributed by atoms with E-state index < -0.39 is 0 Å². The number of rotatable bonds is 6. The minimum atomic E-state index is -0.0852. The lowest BCUT2D eigenvalue weighted by Crippen LogP contribution is -2.43. The van der Waals surface area contributed by atoms with Crippen LogP contribution < -0.4 is 0 Å². The summed E-state index contributed by atoms with van der Waals surface area (Å²) in [7, 11) is 0. The first-order valence-electron chi connectivity index (χ1n) is 9.13. The average molecular weight is 366 g/mol. The summed E-state index contributed by atoms with van der Waals surface area (Å²) >= 11 is 0. The number of ether oxygens (including phenoxy) is 1. The SMILES string of the molecule is O=C(c1ccc(Cn2ccnc2)o1)N1CCC[C@H](OCc2ccccn2)C1. The van der Waals surface area contributed by atoms with Gasteiger partial charge in [-0.15, -0.1) is 0 Å². The Morgan fingerprint density at radius 2 is 2.22 bits per heavy atom. The van der Waals surface area contributed by atoms with E-state index in [0.717, 1.165) is 30.8 Å². The monoisotopic (exact) mass is 366 g/mol. The standard InChI is InChI=1S/C20H22N4O3/c25-20(19-7-6-18(27-19)12-23-11-9-21-15-23)24-10-3-5-17(13-24)26-14-16-4-1-2-8-22-16/h1-2,4,6-9,11,15,17H,3,5,10,12-14H2/t17-/m0/s1. The average Bonchev–Trinajstić information content (AvgIpc) is 3.39. The highest BCUT2D eigenvalue weighted by atomic mass is 16.5. The van der Waals surface area contributed by atoms with E-state index in [2.05, 4.69) is 9.97 Å². The number of imidazole rings is 1. The maximum atomic E-state index is 12.8. The Balaban J connectivity index is 1.33. The van der Waals surface area contributed by atoms with Gasteiger partial charge in [0.05, 0.1) is 31.3 Å². The van der Waals surface area contributed by atoms with Gasteiger partial charge in [-0.3, -0.25) is 9.78 Å². The van der Waals surface area contributed by atoms with Gasteiger partial charge >= 0.3 is 0 Å². The fourth-order valence-corrected chi connectivity index (χ4v) is 3.24. The van der Waals surface area contributed by atoms with E-state index in [1.807, 2.05) is 39.9 Å². The van der Waals surface area contributed by atoms with Gasteiger partial charge in [0.15, 0.2) is 5.76 Å². The number of piperidine rings is 1. The molecule has 1 atom stereocenters. The zero-order valence-electron chi connectivity index (χ0n) is 15.0. The van der Waals surface area contributed by atoms with Crippen LogP contribution >= 0.6 is 0 Å². The summed E-state index contributed by atoms with van der Waals surface area (Å²) in [5.41, 5.74) is 0.899. The van der Waals surface area contributed by atoms with E-state index in [4.69, 9.17) is 9.15 Å². The number of likely N-dealkylation sites (tertiary alicyclic amines) is 1. The molecule has 0 spiro atoms. The van der Waals surface area contributed by atoms with Crippen LogP contribution in [0.15, 0.2) is 59.7 Å². The molecule has 27 heavy (non-hydrogen) atoms. The molecule has 1 saturated heterocycles. The van der Waals surface area contributed by atoms with Crippen molar-refractivity contribution in [2.24, 2.45) is 0 Å². The lowest BCUT2D eigenvalue weighted by Gasteiger charge is -2.32. The molecule has 140 valence electrons. The zero-order valence-corrected chi connectivity index (χ0v) is 15.0. The van der Waals surface area contributed by atoms with Crippen LogP contribution in [0.4, 0.5) is 0 Å². The molecule has 3 aromatic heterocycles. The molecule has 0 N–H and O–H groups in total. The zero-order chi connectivity index (χ0) is 18.5. The number of carbonyl (C=O) groups excluding carboxylic acids is 1. The van der Waals surface area contributed by atoms with Crippen LogP contribution in [-0.4, -0.2) is 44.5 Å². The fourth-order valence-electron chi connectivity index (χ4n) is 3.24. The summed E-state index contributed by atoms with van der Waals surface area (Å²) in [6.07, 6.45) is 8.94. The molecule has 4 heterocycles. The molecular formula is C20H22N4O3. The van der Waals surface area contributed by atoms with Crippen molar-refractivity contribution in [1.82, 2.24) is 19.4 Å². The van der Waals surface area contributed by atoms with Crippen LogP contribution in [0.3, 0.4) is 0 Å². The molecule has 7 nitrogen and oxygen atoms in total. The molecule has 1 aliphatic rings. The van der Waals surface area contributed by atoms with Gasteiger partial charge in [0.2, 0.25) is 0 Å². The fraction of sp³-hybridized carbons (Fsp3) is 0.350. The molecule has 7 heteroatoms. The van der Waals surface area contributed by atoms with E-state index in [1.165, 1.54) is 0 Å². The van der Waals surface area contributed by atoms with Crippen molar-refractivity contribution in [3.8, 4) is 0 Å². The summed E-state index contributed by atoms with van der Waals surface area (Å²) in [6, 6.07) is 9.35. The molecule has 3 aromatic rings. The number of hydrogen-bond acceptors (Lipinski definition) is 5. The predicted octanol–water partition coefficient (Wildman–Crippen LogP) is 2.74. The molecule has 0 saturated carbocycles. The number of amides is 1. The van der Waals surface area contributed by atoms with Crippen LogP contribution in [0, 0.1) is 0 Å². The van der Waals surface area contributed by atoms with Gasteiger partial charge in [-0.1, -0.05) is 6.07 Å². The quantitative estimate of drug-likeness (QED) is 0.671. The van der Waals surface area contributed by atoms with Gasteiger partial charge in [-0.25, -0.2) is 4.98 Å². The number of carbonyl (C=O) groups is 1. The van der Waals surface area contributed by atoms with E-state index in [1.54, 1.807) is 24.8 Å². The summed E-state index contributed by atoms with van der Waals surface area (Å²) in [5.74, 6) is 1.02.